The van der Waals surface area contributed by atoms with Crippen LogP contribution in [0.1, 0.15) is 26.3 Å². The lowest BCUT2D eigenvalue weighted by Crippen LogP contribution is -2.28. The number of benzene rings is 2. The van der Waals surface area contributed by atoms with Gasteiger partial charge in [-0.15, -0.1) is 0 Å². The quantitative estimate of drug-likeness (QED) is 0.565. The van der Waals surface area contributed by atoms with Crippen LogP contribution in [0.3, 0.4) is 0 Å². The van der Waals surface area contributed by atoms with Gasteiger partial charge in [0.05, 0.1) is 11.8 Å². The van der Waals surface area contributed by atoms with Crippen molar-refractivity contribution in [2.24, 2.45) is 0 Å². The molecule has 1 N–H and O–H groups in total. The zero-order valence-electron chi connectivity index (χ0n) is 15.4. The van der Waals surface area contributed by atoms with Crippen LogP contribution in [0, 0.1) is 0 Å². The molecule has 2 amide bonds. The van der Waals surface area contributed by atoms with Gasteiger partial charge in [0.25, 0.3) is 11.8 Å². The second-order valence-electron chi connectivity index (χ2n) is 6.59. The van der Waals surface area contributed by atoms with E-state index in [1.54, 1.807) is 29.2 Å². The van der Waals surface area contributed by atoms with Gasteiger partial charge < -0.3 is 14.6 Å². The van der Waals surface area contributed by atoms with E-state index in [1.165, 1.54) is 36.8 Å². The number of anilines is 2. The third kappa shape index (κ3) is 4.35. The SMILES string of the molecule is O=C(Nc1ccc2c(c1)CCN2C(=O)c1ccoc1)c1ccc(SC(F)(F)F)cc1. The Hall–Kier alpha value is -3.20. The highest BCUT2D eigenvalue weighted by molar-refractivity contribution is 8.00. The topological polar surface area (TPSA) is 62.6 Å². The van der Waals surface area contributed by atoms with Gasteiger partial charge in [0.15, 0.2) is 0 Å². The molecule has 5 nitrogen and oxygen atoms in total. The molecule has 3 aromatic rings. The average molecular weight is 432 g/mol. The molecular formula is C21H15F3N2O3S. The summed E-state index contributed by atoms with van der Waals surface area (Å²) in [5.41, 5.74) is -1.42. The number of carbonyl (C=O) groups is 2. The summed E-state index contributed by atoms with van der Waals surface area (Å²) in [6.45, 7) is 0.523. The first-order chi connectivity index (χ1) is 14.3. The molecule has 9 heteroatoms. The monoisotopic (exact) mass is 432 g/mol. The Bertz CT molecular complexity index is 1080. The smallest absolute Gasteiger partial charge is 0.446 e. The minimum absolute atomic E-state index is 0.0129. The van der Waals surface area contributed by atoms with Gasteiger partial charge in [-0.25, -0.2) is 0 Å². The molecule has 1 aromatic heterocycles. The minimum Gasteiger partial charge on any atom is -0.472 e. The van der Waals surface area contributed by atoms with Gasteiger partial charge in [0, 0.05) is 28.4 Å². The van der Waals surface area contributed by atoms with Crippen LogP contribution < -0.4 is 10.2 Å². The molecule has 154 valence electrons. The van der Waals surface area contributed by atoms with Crippen LogP contribution in [0.4, 0.5) is 24.5 Å². The fourth-order valence-electron chi connectivity index (χ4n) is 3.24. The second-order valence-corrected chi connectivity index (χ2v) is 7.73. The first kappa shape index (κ1) is 20.1. The summed E-state index contributed by atoms with van der Waals surface area (Å²) in [4.78, 5) is 26.6. The molecule has 0 fully saturated rings. The maximum Gasteiger partial charge on any atom is 0.446 e. The highest BCUT2D eigenvalue weighted by atomic mass is 32.2. The Balaban J connectivity index is 1.45. The second kappa shape index (κ2) is 7.91. The van der Waals surface area contributed by atoms with E-state index in [-0.39, 0.29) is 28.1 Å². The Morgan fingerprint density at radius 2 is 1.80 bits per heavy atom. The van der Waals surface area contributed by atoms with E-state index in [1.807, 2.05) is 0 Å². The molecular weight excluding hydrogens is 417 g/mol. The molecule has 1 aliphatic heterocycles. The number of rotatable bonds is 4. The van der Waals surface area contributed by atoms with Gasteiger partial charge in [-0.2, -0.15) is 13.2 Å². The summed E-state index contributed by atoms with van der Waals surface area (Å²) >= 11 is -0.230. The molecule has 0 spiro atoms. The maximum atomic E-state index is 12.6. The molecule has 0 saturated heterocycles. The standard InChI is InChI=1S/C21H15F3N2O3S/c22-21(23,24)30-17-4-1-13(2-5-17)19(27)25-16-3-6-18-14(11-16)7-9-26(18)20(28)15-8-10-29-12-15/h1-6,8,10-12H,7,9H2,(H,25,27). The summed E-state index contributed by atoms with van der Waals surface area (Å²) in [5.74, 6) is -0.584. The van der Waals surface area contributed by atoms with Crippen molar-refractivity contribution in [3.8, 4) is 0 Å². The molecule has 4 rings (SSSR count). The average Bonchev–Trinajstić information content (AvgIpc) is 3.36. The van der Waals surface area contributed by atoms with Crippen molar-refractivity contribution >= 4 is 35.0 Å². The van der Waals surface area contributed by atoms with Crippen molar-refractivity contribution < 1.29 is 27.2 Å². The van der Waals surface area contributed by atoms with Crippen LogP contribution in [-0.2, 0) is 6.42 Å². The van der Waals surface area contributed by atoms with E-state index in [9.17, 15) is 22.8 Å². The number of furan rings is 1. The number of hydrogen-bond donors (Lipinski definition) is 1. The number of halogens is 3. The van der Waals surface area contributed by atoms with Crippen LogP contribution in [0.15, 0.2) is 70.4 Å². The highest BCUT2D eigenvalue weighted by Crippen LogP contribution is 2.37. The molecule has 0 unspecified atom stereocenters. The van der Waals surface area contributed by atoms with Gasteiger partial charge in [0.1, 0.15) is 6.26 Å². The summed E-state index contributed by atoms with van der Waals surface area (Å²) in [7, 11) is 0. The third-order valence-corrected chi connectivity index (χ3v) is 5.34. The fourth-order valence-corrected chi connectivity index (χ4v) is 3.78. The molecule has 0 saturated carbocycles. The highest BCUT2D eigenvalue weighted by Gasteiger charge is 2.29. The summed E-state index contributed by atoms with van der Waals surface area (Å²) in [6.07, 6.45) is 3.48. The molecule has 0 radical (unpaired) electrons. The normalized spacial score (nSPS) is 13.2. The zero-order valence-corrected chi connectivity index (χ0v) is 16.2. The predicted molar refractivity (Wildman–Crippen MR) is 107 cm³/mol. The maximum absolute atomic E-state index is 12.6. The van der Waals surface area contributed by atoms with Gasteiger partial charge in [-0.05, 0) is 72.3 Å². The van der Waals surface area contributed by atoms with Crippen molar-refractivity contribution in [3.63, 3.8) is 0 Å². The van der Waals surface area contributed by atoms with Gasteiger partial charge >= 0.3 is 5.51 Å². The number of nitrogens with zero attached hydrogens (tertiary/aromatic N) is 1. The van der Waals surface area contributed by atoms with Crippen molar-refractivity contribution in [2.45, 2.75) is 16.8 Å². The molecule has 0 bridgehead atoms. The Labute approximate surface area is 173 Å². The van der Waals surface area contributed by atoms with Gasteiger partial charge in [-0.1, -0.05) is 0 Å². The summed E-state index contributed by atoms with van der Waals surface area (Å²) in [5, 5.41) is 2.74. The Morgan fingerprint density at radius 3 is 2.47 bits per heavy atom. The molecule has 2 aromatic carbocycles. The molecule has 2 heterocycles. The zero-order chi connectivity index (χ0) is 21.3. The van der Waals surface area contributed by atoms with Crippen molar-refractivity contribution in [1.29, 1.82) is 0 Å². The number of carbonyl (C=O) groups excluding carboxylic acids is 2. The van der Waals surface area contributed by atoms with Gasteiger partial charge in [0.2, 0.25) is 0 Å². The molecule has 30 heavy (non-hydrogen) atoms. The fraction of sp³-hybridized carbons (Fsp3) is 0.143. The van der Waals surface area contributed by atoms with E-state index in [0.29, 0.717) is 24.2 Å². The van der Waals surface area contributed by atoms with Gasteiger partial charge in [-0.3, -0.25) is 9.59 Å². The number of alkyl halides is 3. The summed E-state index contributed by atoms with van der Waals surface area (Å²) < 4.78 is 42.2. The van der Waals surface area contributed by atoms with Crippen LogP contribution in [0.2, 0.25) is 0 Å². The molecule has 0 atom stereocenters. The van der Waals surface area contributed by atoms with Crippen molar-refractivity contribution in [3.05, 3.63) is 77.7 Å². The Morgan fingerprint density at radius 1 is 1.03 bits per heavy atom. The number of thioether (sulfide) groups is 1. The minimum atomic E-state index is -4.37. The number of fused-ring (bicyclic) bond motifs is 1. The number of nitrogens with one attached hydrogen (secondary N) is 1. The number of amides is 2. The van der Waals surface area contributed by atoms with Crippen LogP contribution >= 0.6 is 11.8 Å². The first-order valence-corrected chi connectivity index (χ1v) is 9.76. The largest absolute Gasteiger partial charge is 0.472 e. The van der Waals surface area contributed by atoms with E-state index in [4.69, 9.17) is 4.42 Å². The van der Waals surface area contributed by atoms with E-state index in [0.717, 1.165) is 11.3 Å². The Kier molecular flexibility index (Phi) is 5.29. The van der Waals surface area contributed by atoms with Crippen molar-refractivity contribution in [1.82, 2.24) is 0 Å². The molecule has 0 aliphatic carbocycles. The van der Waals surface area contributed by atoms with Crippen molar-refractivity contribution in [2.75, 3.05) is 16.8 Å². The van der Waals surface area contributed by atoms with Crippen LogP contribution in [0.25, 0.3) is 0 Å². The van der Waals surface area contributed by atoms with E-state index >= 15 is 0 Å². The van der Waals surface area contributed by atoms with Crippen LogP contribution in [-0.4, -0.2) is 23.9 Å². The van der Waals surface area contributed by atoms with Crippen LogP contribution in [0.5, 0.6) is 0 Å². The predicted octanol–water partition coefficient (Wildman–Crippen LogP) is 5.35. The third-order valence-electron chi connectivity index (χ3n) is 4.60. The summed E-state index contributed by atoms with van der Waals surface area (Å²) in [6, 6.07) is 12.1. The lowest BCUT2D eigenvalue weighted by Gasteiger charge is -2.16. The molecule has 1 aliphatic rings. The van der Waals surface area contributed by atoms with E-state index in [2.05, 4.69) is 5.32 Å². The van der Waals surface area contributed by atoms with E-state index < -0.39 is 11.4 Å². The number of hydrogen-bond acceptors (Lipinski definition) is 4. The lowest BCUT2D eigenvalue weighted by molar-refractivity contribution is -0.0328. The lowest BCUT2D eigenvalue weighted by atomic mass is 10.1. The first-order valence-electron chi connectivity index (χ1n) is 8.94.